The summed E-state index contributed by atoms with van der Waals surface area (Å²) in [6.07, 6.45) is 3.57. The van der Waals surface area contributed by atoms with Crippen LogP contribution in [0.2, 0.25) is 0 Å². The summed E-state index contributed by atoms with van der Waals surface area (Å²) in [5.41, 5.74) is 8.17. The second-order valence-corrected chi connectivity index (χ2v) is 6.73. The van der Waals surface area contributed by atoms with Crippen LogP contribution >= 0.6 is 0 Å². The van der Waals surface area contributed by atoms with Crippen molar-refractivity contribution in [3.8, 4) is 0 Å². The van der Waals surface area contributed by atoms with Gasteiger partial charge in [-0.3, -0.25) is 4.79 Å². The van der Waals surface area contributed by atoms with Crippen molar-refractivity contribution in [2.45, 2.75) is 64.6 Å². The van der Waals surface area contributed by atoms with Crippen molar-refractivity contribution in [1.29, 1.82) is 0 Å². The SMILES string of the molecule is Cc1cccc(CN(C(=O)CCC(C)(C)N)C2CC2)c1. The van der Waals surface area contributed by atoms with E-state index in [0.717, 1.165) is 25.8 Å². The fourth-order valence-electron chi connectivity index (χ4n) is 2.39. The Hall–Kier alpha value is -1.35. The van der Waals surface area contributed by atoms with E-state index in [2.05, 4.69) is 31.2 Å². The summed E-state index contributed by atoms with van der Waals surface area (Å²) in [4.78, 5) is 14.5. The van der Waals surface area contributed by atoms with Crippen LogP contribution in [-0.2, 0) is 11.3 Å². The molecule has 0 atom stereocenters. The average molecular weight is 274 g/mol. The van der Waals surface area contributed by atoms with E-state index in [1.165, 1.54) is 11.1 Å². The molecule has 0 bridgehead atoms. The minimum absolute atomic E-state index is 0.243. The van der Waals surface area contributed by atoms with Gasteiger partial charge in [0.25, 0.3) is 0 Å². The van der Waals surface area contributed by atoms with Crippen LogP contribution in [0.25, 0.3) is 0 Å². The standard InChI is InChI=1S/C17H26N2O/c1-13-5-4-6-14(11-13)12-19(15-7-8-15)16(20)9-10-17(2,3)18/h4-6,11,15H,7-10,12,18H2,1-3H3. The number of amides is 1. The van der Waals surface area contributed by atoms with E-state index in [1.807, 2.05) is 18.7 Å². The molecule has 1 fully saturated rings. The highest BCUT2D eigenvalue weighted by Crippen LogP contribution is 2.29. The van der Waals surface area contributed by atoms with Gasteiger partial charge in [0.05, 0.1) is 0 Å². The number of nitrogens with zero attached hydrogens (tertiary/aromatic N) is 1. The number of hydrogen-bond acceptors (Lipinski definition) is 2. The Bertz CT molecular complexity index is 472. The van der Waals surface area contributed by atoms with Gasteiger partial charge in [-0.25, -0.2) is 0 Å². The molecule has 0 aliphatic heterocycles. The largest absolute Gasteiger partial charge is 0.335 e. The lowest BCUT2D eigenvalue weighted by Gasteiger charge is -2.25. The predicted octanol–water partition coefficient (Wildman–Crippen LogP) is 3.00. The van der Waals surface area contributed by atoms with Gasteiger partial charge in [0, 0.05) is 24.5 Å². The van der Waals surface area contributed by atoms with E-state index >= 15 is 0 Å². The molecule has 110 valence electrons. The molecule has 0 heterocycles. The van der Waals surface area contributed by atoms with E-state index in [0.29, 0.717) is 12.5 Å². The third kappa shape index (κ3) is 4.64. The number of nitrogens with two attached hydrogens (primary N) is 1. The first-order valence-electron chi connectivity index (χ1n) is 7.49. The zero-order valence-corrected chi connectivity index (χ0v) is 12.9. The first-order valence-corrected chi connectivity index (χ1v) is 7.49. The summed E-state index contributed by atoms with van der Waals surface area (Å²) < 4.78 is 0. The number of carbonyl (C=O) groups excluding carboxylic acids is 1. The first kappa shape index (κ1) is 15.0. The first-order chi connectivity index (χ1) is 9.35. The van der Waals surface area contributed by atoms with Crippen LogP contribution in [0.4, 0.5) is 0 Å². The Labute approximate surface area is 122 Å². The molecule has 0 spiro atoms. The molecule has 1 aliphatic carbocycles. The molecule has 2 rings (SSSR count). The molecule has 3 nitrogen and oxygen atoms in total. The van der Waals surface area contributed by atoms with Crippen LogP contribution in [0.15, 0.2) is 24.3 Å². The predicted molar refractivity (Wildman–Crippen MR) is 82.3 cm³/mol. The Balaban J connectivity index is 1.98. The second-order valence-electron chi connectivity index (χ2n) is 6.73. The number of rotatable bonds is 6. The Kier molecular flexibility index (Phi) is 4.48. The maximum Gasteiger partial charge on any atom is 0.223 e. The molecular formula is C17H26N2O. The quantitative estimate of drug-likeness (QED) is 0.866. The van der Waals surface area contributed by atoms with Crippen molar-refractivity contribution in [3.63, 3.8) is 0 Å². The summed E-state index contributed by atoms with van der Waals surface area (Å²) >= 11 is 0. The smallest absolute Gasteiger partial charge is 0.223 e. The fourth-order valence-corrected chi connectivity index (χ4v) is 2.39. The second kappa shape index (κ2) is 5.96. The normalized spacial score (nSPS) is 15.2. The summed E-state index contributed by atoms with van der Waals surface area (Å²) in [5, 5.41) is 0. The Morgan fingerprint density at radius 3 is 2.65 bits per heavy atom. The molecule has 1 amide bonds. The number of aryl methyl sites for hydroxylation is 1. The molecule has 20 heavy (non-hydrogen) atoms. The van der Waals surface area contributed by atoms with Crippen molar-refractivity contribution >= 4 is 5.91 Å². The van der Waals surface area contributed by atoms with Crippen LogP contribution in [-0.4, -0.2) is 22.4 Å². The minimum Gasteiger partial charge on any atom is -0.335 e. The highest BCUT2D eigenvalue weighted by Gasteiger charge is 2.32. The summed E-state index contributed by atoms with van der Waals surface area (Å²) in [7, 11) is 0. The van der Waals surface area contributed by atoms with Crippen molar-refractivity contribution in [2.75, 3.05) is 0 Å². The fraction of sp³-hybridized carbons (Fsp3) is 0.588. The maximum atomic E-state index is 12.4. The molecule has 1 aromatic carbocycles. The van der Waals surface area contributed by atoms with Gasteiger partial charge in [0.1, 0.15) is 0 Å². The van der Waals surface area contributed by atoms with Gasteiger partial charge in [-0.05, 0) is 45.6 Å². The van der Waals surface area contributed by atoms with Crippen LogP contribution in [0.5, 0.6) is 0 Å². The molecule has 0 saturated heterocycles. The average Bonchev–Trinajstić information content (AvgIpc) is 3.16. The van der Waals surface area contributed by atoms with Crippen molar-refractivity contribution < 1.29 is 4.79 Å². The number of carbonyl (C=O) groups is 1. The summed E-state index contributed by atoms with van der Waals surface area (Å²) in [6.45, 7) is 6.77. The minimum atomic E-state index is -0.270. The van der Waals surface area contributed by atoms with E-state index < -0.39 is 0 Å². The lowest BCUT2D eigenvalue weighted by Crippen LogP contribution is -2.37. The van der Waals surface area contributed by atoms with E-state index in [4.69, 9.17) is 5.73 Å². The molecular weight excluding hydrogens is 248 g/mol. The van der Waals surface area contributed by atoms with E-state index in [-0.39, 0.29) is 11.4 Å². The third-order valence-corrected chi connectivity index (χ3v) is 3.73. The van der Waals surface area contributed by atoms with Gasteiger partial charge in [-0.2, -0.15) is 0 Å². The van der Waals surface area contributed by atoms with Crippen LogP contribution < -0.4 is 5.73 Å². The Morgan fingerprint density at radius 2 is 2.10 bits per heavy atom. The molecule has 2 N–H and O–H groups in total. The lowest BCUT2D eigenvalue weighted by molar-refractivity contribution is -0.132. The van der Waals surface area contributed by atoms with Crippen LogP contribution in [0.3, 0.4) is 0 Å². The summed E-state index contributed by atoms with van der Waals surface area (Å²) in [5.74, 6) is 0.243. The topological polar surface area (TPSA) is 46.3 Å². The molecule has 1 aromatic rings. The van der Waals surface area contributed by atoms with Gasteiger partial charge in [-0.1, -0.05) is 29.8 Å². The highest BCUT2D eigenvalue weighted by atomic mass is 16.2. The van der Waals surface area contributed by atoms with Gasteiger partial charge in [-0.15, -0.1) is 0 Å². The molecule has 1 saturated carbocycles. The van der Waals surface area contributed by atoms with Crippen LogP contribution in [0.1, 0.15) is 50.7 Å². The molecule has 0 aromatic heterocycles. The van der Waals surface area contributed by atoms with Crippen LogP contribution in [0, 0.1) is 6.92 Å². The van der Waals surface area contributed by atoms with Gasteiger partial charge >= 0.3 is 0 Å². The third-order valence-electron chi connectivity index (χ3n) is 3.73. The molecule has 0 unspecified atom stereocenters. The van der Waals surface area contributed by atoms with E-state index in [9.17, 15) is 4.79 Å². The number of hydrogen-bond donors (Lipinski definition) is 1. The van der Waals surface area contributed by atoms with Crippen molar-refractivity contribution in [2.24, 2.45) is 5.73 Å². The highest BCUT2D eigenvalue weighted by molar-refractivity contribution is 5.77. The van der Waals surface area contributed by atoms with Gasteiger partial charge in [0.2, 0.25) is 5.91 Å². The molecule has 0 radical (unpaired) electrons. The van der Waals surface area contributed by atoms with E-state index in [1.54, 1.807) is 0 Å². The molecule has 1 aliphatic rings. The zero-order chi connectivity index (χ0) is 14.8. The zero-order valence-electron chi connectivity index (χ0n) is 12.9. The number of benzene rings is 1. The molecule has 3 heteroatoms. The van der Waals surface area contributed by atoms with Gasteiger partial charge in [0.15, 0.2) is 0 Å². The maximum absolute atomic E-state index is 12.4. The summed E-state index contributed by atoms with van der Waals surface area (Å²) in [6, 6.07) is 8.86. The van der Waals surface area contributed by atoms with Gasteiger partial charge < -0.3 is 10.6 Å². The lowest BCUT2D eigenvalue weighted by atomic mass is 9.99. The Morgan fingerprint density at radius 1 is 1.40 bits per heavy atom. The van der Waals surface area contributed by atoms with Crippen molar-refractivity contribution in [3.05, 3.63) is 35.4 Å². The monoisotopic (exact) mass is 274 g/mol. The van der Waals surface area contributed by atoms with Crippen molar-refractivity contribution in [1.82, 2.24) is 4.90 Å².